The Bertz CT molecular complexity index is 483. The van der Waals surface area contributed by atoms with E-state index in [2.05, 4.69) is 37.7 Å². The van der Waals surface area contributed by atoms with Crippen LogP contribution in [-0.4, -0.2) is 19.7 Å². The van der Waals surface area contributed by atoms with Crippen molar-refractivity contribution in [3.05, 3.63) is 33.5 Å². The van der Waals surface area contributed by atoms with Crippen molar-refractivity contribution in [3.63, 3.8) is 0 Å². The number of aromatic nitrogens is 4. The molecule has 0 fully saturated rings. The molecule has 0 bridgehead atoms. The Morgan fingerprint density at radius 1 is 1.47 bits per heavy atom. The Balaban J connectivity index is 2.55. The van der Waals surface area contributed by atoms with E-state index in [1.807, 2.05) is 13.1 Å². The van der Waals surface area contributed by atoms with Crippen LogP contribution in [0.25, 0.3) is 5.82 Å². The normalized spacial score (nSPS) is 10.6. The van der Waals surface area contributed by atoms with Crippen molar-refractivity contribution < 1.29 is 0 Å². The van der Waals surface area contributed by atoms with Gasteiger partial charge in [0.2, 0.25) is 0 Å². The second-order valence-electron chi connectivity index (χ2n) is 3.00. The lowest BCUT2D eigenvalue weighted by atomic mass is 10.3. The van der Waals surface area contributed by atoms with Gasteiger partial charge in [-0.05, 0) is 29.5 Å². The fourth-order valence-corrected chi connectivity index (χ4v) is 1.77. The number of hydrogen-bond donors (Lipinski definition) is 0. The molecule has 0 aliphatic carbocycles. The molecule has 0 atom stereocenters. The Morgan fingerprint density at radius 2 is 2.27 bits per heavy atom. The van der Waals surface area contributed by atoms with Crippen LogP contribution in [0, 0.1) is 10.5 Å². The minimum atomic E-state index is 0.381. The van der Waals surface area contributed by atoms with E-state index >= 15 is 0 Å². The molecule has 2 rings (SSSR count). The fraction of sp³-hybridized carbons (Fsp3) is 0.222. The molecule has 0 aliphatic rings. The highest BCUT2D eigenvalue weighted by Crippen LogP contribution is 2.14. The van der Waals surface area contributed by atoms with Crippen LogP contribution in [0.3, 0.4) is 0 Å². The molecule has 0 unspecified atom stereocenters. The van der Waals surface area contributed by atoms with E-state index in [1.54, 1.807) is 17.1 Å². The SMILES string of the molecule is Cc1ncc(CCl)c(-n2cc(I)cn2)n1. The van der Waals surface area contributed by atoms with E-state index in [4.69, 9.17) is 11.6 Å². The van der Waals surface area contributed by atoms with Crippen LogP contribution in [0.1, 0.15) is 11.4 Å². The molecular formula is C9H8ClIN4. The van der Waals surface area contributed by atoms with Crippen LogP contribution in [0.2, 0.25) is 0 Å². The van der Waals surface area contributed by atoms with Gasteiger partial charge in [-0.15, -0.1) is 11.6 Å². The van der Waals surface area contributed by atoms with Gasteiger partial charge in [-0.1, -0.05) is 0 Å². The lowest BCUT2D eigenvalue weighted by Gasteiger charge is -2.05. The lowest BCUT2D eigenvalue weighted by molar-refractivity contribution is 0.815. The summed E-state index contributed by atoms with van der Waals surface area (Å²) >= 11 is 8.02. The van der Waals surface area contributed by atoms with E-state index in [9.17, 15) is 0 Å². The maximum Gasteiger partial charge on any atom is 0.161 e. The third kappa shape index (κ3) is 2.28. The number of nitrogens with zero attached hydrogens (tertiary/aromatic N) is 4. The topological polar surface area (TPSA) is 43.6 Å². The highest BCUT2D eigenvalue weighted by Gasteiger charge is 2.07. The Labute approximate surface area is 106 Å². The molecule has 2 aromatic heterocycles. The summed E-state index contributed by atoms with van der Waals surface area (Å²) in [4.78, 5) is 8.43. The third-order valence-corrected chi connectivity index (χ3v) is 2.72. The Hall–Kier alpha value is -0.690. The minimum Gasteiger partial charge on any atom is -0.241 e. The Kier molecular flexibility index (Phi) is 3.20. The molecule has 0 saturated heterocycles. The van der Waals surface area contributed by atoms with Crippen molar-refractivity contribution in [3.8, 4) is 5.82 Å². The molecular weight excluding hydrogens is 326 g/mol. The average molecular weight is 335 g/mol. The summed E-state index contributed by atoms with van der Waals surface area (Å²) in [5.74, 6) is 1.84. The zero-order valence-electron chi connectivity index (χ0n) is 7.98. The minimum absolute atomic E-state index is 0.381. The number of halogens is 2. The van der Waals surface area contributed by atoms with E-state index in [-0.39, 0.29) is 0 Å². The molecule has 0 radical (unpaired) electrons. The standard InChI is InChI=1S/C9H8ClIN4/c1-6-12-3-7(2-10)9(14-6)15-5-8(11)4-13-15/h3-5H,2H2,1H3. The summed E-state index contributed by atoms with van der Waals surface area (Å²) in [6.45, 7) is 1.84. The quantitative estimate of drug-likeness (QED) is 0.625. The van der Waals surface area contributed by atoms with Gasteiger partial charge in [0, 0.05) is 18.0 Å². The number of hydrogen-bond acceptors (Lipinski definition) is 3. The Morgan fingerprint density at radius 3 is 2.87 bits per heavy atom. The highest BCUT2D eigenvalue weighted by molar-refractivity contribution is 14.1. The first kappa shape index (κ1) is 10.8. The summed E-state index contributed by atoms with van der Waals surface area (Å²) in [5.41, 5.74) is 0.877. The maximum absolute atomic E-state index is 5.82. The number of aryl methyl sites for hydroxylation is 1. The largest absolute Gasteiger partial charge is 0.241 e. The van der Waals surface area contributed by atoms with Gasteiger partial charge >= 0.3 is 0 Å². The fourth-order valence-electron chi connectivity index (χ4n) is 1.19. The van der Waals surface area contributed by atoms with Crippen LogP contribution in [0.4, 0.5) is 0 Å². The maximum atomic E-state index is 5.82. The summed E-state index contributed by atoms with van der Waals surface area (Å²) in [5, 5.41) is 4.20. The van der Waals surface area contributed by atoms with Crippen molar-refractivity contribution in [2.45, 2.75) is 12.8 Å². The van der Waals surface area contributed by atoms with Crippen molar-refractivity contribution in [2.75, 3.05) is 0 Å². The van der Waals surface area contributed by atoms with Crippen LogP contribution >= 0.6 is 34.2 Å². The first-order valence-electron chi connectivity index (χ1n) is 4.29. The predicted molar refractivity (Wildman–Crippen MR) is 66.2 cm³/mol. The molecule has 0 aromatic carbocycles. The number of rotatable bonds is 2. The van der Waals surface area contributed by atoms with Crippen LogP contribution in [-0.2, 0) is 5.88 Å². The predicted octanol–water partition coefficient (Wildman–Crippen LogP) is 2.31. The monoisotopic (exact) mass is 334 g/mol. The van der Waals surface area contributed by atoms with Crippen molar-refractivity contribution in [1.29, 1.82) is 0 Å². The van der Waals surface area contributed by atoms with E-state index < -0.39 is 0 Å². The zero-order chi connectivity index (χ0) is 10.8. The average Bonchev–Trinajstić information content (AvgIpc) is 2.65. The molecule has 0 aliphatic heterocycles. The van der Waals surface area contributed by atoms with Crippen molar-refractivity contribution in [2.24, 2.45) is 0 Å². The van der Waals surface area contributed by atoms with Gasteiger partial charge in [0.05, 0.1) is 15.6 Å². The van der Waals surface area contributed by atoms with E-state index in [0.29, 0.717) is 11.7 Å². The molecule has 2 heterocycles. The summed E-state index contributed by atoms with van der Waals surface area (Å²) in [6, 6.07) is 0. The highest BCUT2D eigenvalue weighted by atomic mass is 127. The summed E-state index contributed by atoms with van der Waals surface area (Å²) in [7, 11) is 0. The van der Waals surface area contributed by atoms with E-state index in [1.165, 1.54) is 0 Å². The first-order chi connectivity index (χ1) is 7.20. The van der Waals surface area contributed by atoms with Gasteiger partial charge in [-0.25, -0.2) is 14.6 Å². The van der Waals surface area contributed by atoms with Crippen LogP contribution < -0.4 is 0 Å². The molecule has 2 aromatic rings. The summed E-state index contributed by atoms with van der Waals surface area (Å²) < 4.78 is 2.78. The molecule has 0 saturated carbocycles. The van der Waals surface area contributed by atoms with Gasteiger partial charge in [-0.3, -0.25) is 0 Å². The van der Waals surface area contributed by atoms with E-state index in [0.717, 1.165) is 15.0 Å². The summed E-state index contributed by atoms with van der Waals surface area (Å²) in [6.07, 6.45) is 5.41. The second kappa shape index (κ2) is 4.44. The van der Waals surface area contributed by atoms with Gasteiger partial charge in [0.25, 0.3) is 0 Å². The van der Waals surface area contributed by atoms with Gasteiger partial charge < -0.3 is 0 Å². The molecule has 0 N–H and O–H groups in total. The first-order valence-corrected chi connectivity index (χ1v) is 5.91. The third-order valence-electron chi connectivity index (χ3n) is 1.87. The lowest BCUT2D eigenvalue weighted by Crippen LogP contribution is -2.05. The molecule has 15 heavy (non-hydrogen) atoms. The van der Waals surface area contributed by atoms with Crippen LogP contribution in [0.15, 0.2) is 18.6 Å². The molecule has 4 nitrogen and oxygen atoms in total. The molecule has 6 heteroatoms. The zero-order valence-corrected chi connectivity index (χ0v) is 10.9. The van der Waals surface area contributed by atoms with Gasteiger partial charge in [0.15, 0.2) is 5.82 Å². The number of alkyl halides is 1. The van der Waals surface area contributed by atoms with Gasteiger partial charge in [0.1, 0.15) is 5.82 Å². The van der Waals surface area contributed by atoms with Gasteiger partial charge in [-0.2, -0.15) is 5.10 Å². The molecule has 0 spiro atoms. The second-order valence-corrected chi connectivity index (χ2v) is 4.52. The molecule has 78 valence electrons. The molecule has 0 amide bonds. The van der Waals surface area contributed by atoms with Crippen molar-refractivity contribution >= 4 is 34.2 Å². The van der Waals surface area contributed by atoms with Crippen LogP contribution in [0.5, 0.6) is 0 Å². The smallest absolute Gasteiger partial charge is 0.161 e. The van der Waals surface area contributed by atoms with Crippen molar-refractivity contribution in [1.82, 2.24) is 19.7 Å².